The van der Waals surface area contributed by atoms with Crippen LogP contribution < -0.4 is 10.2 Å². The fraction of sp³-hybridized carbons (Fsp3) is 0.167. The van der Waals surface area contributed by atoms with E-state index in [1.165, 1.54) is 0 Å². The van der Waals surface area contributed by atoms with Gasteiger partial charge in [0.25, 0.3) is 5.91 Å². The van der Waals surface area contributed by atoms with E-state index in [4.69, 9.17) is 11.6 Å². The van der Waals surface area contributed by atoms with Crippen molar-refractivity contribution in [1.82, 2.24) is 5.32 Å². The summed E-state index contributed by atoms with van der Waals surface area (Å²) < 4.78 is 0. The van der Waals surface area contributed by atoms with Crippen LogP contribution in [0.3, 0.4) is 0 Å². The third-order valence-electron chi connectivity index (χ3n) is 3.06. The molecule has 1 amide bonds. The summed E-state index contributed by atoms with van der Waals surface area (Å²) >= 11 is 5.98. The Morgan fingerprint density at radius 3 is 2.55 bits per heavy atom. The molecular weight excluding hydrogens is 296 g/mol. The van der Waals surface area contributed by atoms with Crippen molar-refractivity contribution in [2.24, 2.45) is 0 Å². The average Bonchev–Trinajstić information content (AvgIpc) is 2.52. The van der Waals surface area contributed by atoms with Crippen molar-refractivity contribution in [2.75, 3.05) is 25.5 Å². The average molecular weight is 313 g/mol. The number of amides is 1. The van der Waals surface area contributed by atoms with Crippen LogP contribution in [-0.2, 0) is 0 Å². The molecule has 2 aromatic rings. The van der Waals surface area contributed by atoms with Gasteiger partial charge in [0.2, 0.25) is 0 Å². The van der Waals surface area contributed by atoms with Gasteiger partial charge in [0, 0.05) is 19.7 Å². The molecule has 22 heavy (non-hydrogen) atoms. The van der Waals surface area contributed by atoms with Crippen LogP contribution in [0.4, 0.5) is 5.69 Å². The van der Waals surface area contributed by atoms with Crippen molar-refractivity contribution < 1.29 is 4.79 Å². The van der Waals surface area contributed by atoms with Gasteiger partial charge >= 0.3 is 0 Å². The minimum absolute atomic E-state index is 0.221. The molecule has 0 saturated carbocycles. The number of para-hydroxylation sites is 1. The van der Waals surface area contributed by atoms with E-state index in [1.54, 1.807) is 24.3 Å². The molecule has 0 fully saturated rings. The van der Waals surface area contributed by atoms with Gasteiger partial charge in [-0.05, 0) is 24.3 Å². The molecule has 4 heteroatoms. The molecule has 0 unspecified atom stereocenters. The highest BCUT2D eigenvalue weighted by atomic mass is 35.5. The monoisotopic (exact) mass is 312 g/mol. The van der Waals surface area contributed by atoms with Crippen molar-refractivity contribution >= 4 is 23.2 Å². The van der Waals surface area contributed by atoms with Gasteiger partial charge < -0.3 is 10.2 Å². The molecule has 2 aromatic carbocycles. The summed E-state index contributed by atoms with van der Waals surface area (Å²) in [6, 6.07) is 14.8. The molecule has 0 atom stereocenters. The standard InChI is InChI=1S/C18H17ClN2O/c1-21(2)17-12-6-3-8-14(17)9-7-13-20-18(22)15-10-4-5-11-16(15)19/h3-6,8,10-12H,13H2,1-2H3,(H,20,22). The molecule has 0 aromatic heterocycles. The second-order valence-corrected chi connectivity index (χ2v) is 5.28. The Hall–Kier alpha value is -2.44. The largest absolute Gasteiger partial charge is 0.377 e. The first-order valence-corrected chi connectivity index (χ1v) is 7.25. The molecule has 0 aliphatic carbocycles. The molecule has 2 rings (SSSR count). The first kappa shape index (κ1) is 15.9. The fourth-order valence-electron chi connectivity index (χ4n) is 1.97. The molecule has 112 valence electrons. The topological polar surface area (TPSA) is 32.3 Å². The first-order valence-electron chi connectivity index (χ1n) is 6.87. The molecule has 3 nitrogen and oxygen atoms in total. The van der Waals surface area contributed by atoms with Crippen LogP contribution in [-0.4, -0.2) is 26.5 Å². The summed E-state index contributed by atoms with van der Waals surface area (Å²) in [4.78, 5) is 14.0. The van der Waals surface area contributed by atoms with Gasteiger partial charge in [0.05, 0.1) is 22.8 Å². The molecule has 0 spiro atoms. The predicted molar refractivity (Wildman–Crippen MR) is 91.4 cm³/mol. The van der Waals surface area contributed by atoms with Crippen molar-refractivity contribution in [2.45, 2.75) is 0 Å². The molecule has 0 aliphatic rings. The lowest BCUT2D eigenvalue weighted by atomic mass is 10.1. The highest BCUT2D eigenvalue weighted by Gasteiger charge is 2.07. The van der Waals surface area contributed by atoms with E-state index in [9.17, 15) is 4.79 Å². The molecule has 1 N–H and O–H groups in total. The fourth-order valence-corrected chi connectivity index (χ4v) is 2.20. The lowest BCUT2D eigenvalue weighted by Crippen LogP contribution is -2.23. The van der Waals surface area contributed by atoms with Crippen molar-refractivity contribution in [1.29, 1.82) is 0 Å². The minimum Gasteiger partial charge on any atom is -0.377 e. The number of carbonyl (C=O) groups is 1. The van der Waals surface area contributed by atoms with Gasteiger partial charge in [0.1, 0.15) is 0 Å². The maximum absolute atomic E-state index is 12.0. The predicted octanol–water partition coefficient (Wildman–Crippen LogP) is 3.19. The van der Waals surface area contributed by atoms with Crippen molar-refractivity contribution in [3.05, 3.63) is 64.7 Å². The number of hydrogen-bond acceptors (Lipinski definition) is 2. The summed E-state index contributed by atoms with van der Waals surface area (Å²) in [6.45, 7) is 0.270. The van der Waals surface area contributed by atoms with Crippen LogP contribution >= 0.6 is 11.6 Å². The van der Waals surface area contributed by atoms with Crippen LogP contribution in [0.25, 0.3) is 0 Å². The quantitative estimate of drug-likeness (QED) is 0.883. The minimum atomic E-state index is -0.221. The summed E-state index contributed by atoms with van der Waals surface area (Å²) in [5.41, 5.74) is 2.44. The van der Waals surface area contributed by atoms with Crippen LogP contribution in [0.2, 0.25) is 5.02 Å². The van der Waals surface area contributed by atoms with Crippen LogP contribution in [0.15, 0.2) is 48.5 Å². The Bertz CT molecular complexity index is 729. The summed E-state index contributed by atoms with van der Waals surface area (Å²) in [5, 5.41) is 3.18. The molecule has 0 heterocycles. The van der Waals surface area contributed by atoms with E-state index in [0.717, 1.165) is 11.3 Å². The van der Waals surface area contributed by atoms with E-state index >= 15 is 0 Å². The number of rotatable bonds is 3. The smallest absolute Gasteiger partial charge is 0.253 e. The van der Waals surface area contributed by atoms with Gasteiger partial charge in [-0.15, -0.1) is 0 Å². The summed E-state index contributed by atoms with van der Waals surface area (Å²) in [6.07, 6.45) is 0. The maximum Gasteiger partial charge on any atom is 0.253 e. The Balaban J connectivity index is 2.01. The van der Waals surface area contributed by atoms with E-state index in [2.05, 4.69) is 17.2 Å². The number of carbonyl (C=O) groups excluding carboxylic acids is 1. The van der Waals surface area contributed by atoms with Gasteiger partial charge in [0.15, 0.2) is 0 Å². The zero-order chi connectivity index (χ0) is 15.9. The van der Waals surface area contributed by atoms with E-state index < -0.39 is 0 Å². The molecule has 0 saturated heterocycles. The second kappa shape index (κ2) is 7.53. The third kappa shape index (κ3) is 4.03. The second-order valence-electron chi connectivity index (χ2n) is 4.88. The lowest BCUT2D eigenvalue weighted by Gasteiger charge is -2.13. The van der Waals surface area contributed by atoms with Crippen LogP contribution in [0.1, 0.15) is 15.9 Å². The molecular formula is C18H17ClN2O. The van der Waals surface area contributed by atoms with Crippen LogP contribution in [0.5, 0.6) is 0 Å². The molecule has 0 aliphatic heterocycles. The number of anilines is 1. The van der Waals surface area contributed by atoms with Crippen molar-refractivity contribution in [3.63, 3.8) is 0 Å². The zero-order valence-corrected chi connectivity index (χ0v) is 13.3. The van der Waals surface area contributed by atoms with Crippen molar-refractivity contribution in [3.8, 4) is 11.8 Å². The lowest BCUT2D eigenvalue weighted by molar-refractivity contribution is 0.0959. The Morgan fingerprint density at radius 1 is 1.14 bits per heavy atom. The highest BCUT2D eigenvalue weighted by molar-refractivity contribution is 6.33. The van der Waals surface area contributed by atoms with E-state index in [-0.39, 0.29) is 12.5 Å². The number of nitrogens with one attached hydrogen (secondary N) is 1. The number of benzene rings is 2. The highest BCUT2D eigenvalue weighted by Crippen LogP contribution is 2.16. The zero-order valence-electron chi connectivity index (χ0n) is 12.6. The SMILES string of the molecule is CN(C)c1ccccc1C#CCNC(=O)c1ccccc1Cl. The Morgan fingerprint density at radius 2 is 1.82 bits per heavy atom. The van der Waals surface area contributed by atoms with Crippen LogP contribution in [0, 0.1) is 11.8 Å². The van der Waals surface area contributed by atoms with Gasteiger partial charge in [-0.3, -0.25) is 4.79 Å². The number of hydrogen-bond donors (Lipinski definition) is 1. The van der Waals surface area contributed by atoms with Gasteiger partial charge in [-0.2, -0.15) is 0 Å². The molecule has 0 radical (unpaired) electrons. The molecule has 0 bridgehead atoms. The number of halogens is 1. The Labute approximate surface area is 135 Å². The third-order valence-corrected chi connectivity index (χ3v) is 3.39. The van der Waals surface area contributed by atoms with E-state index in [1.807, 2.05) is 43.3 Å². The van der Waals surface area contributed by atoms with Gasteiger partial charge in [-0.1, -0.05) is 47.7 Å². The maximum atomic E-state index is 12.0. The summed E-state index contributed by atoms with van der Waals surface area (Å²) in [5.74, 6) is 5.82. The van der Waals surface area contributed by atoms with Gasteiger partial charge in [-0.25, -0.2) is 0 Å². The first-order chi connectivity index (χ1) is 10.6. The number of nitrogens with zero attached hydrogens (tertiary/aromatic N) is 1. The van der Waals surface area contributed by atoms with E-state index in [0.29, 0.717) is 10.6 Å². The normalized spacial score (nSPS) is 9.59. The summed E-state index contributed by atoms with van der Waals surface area (Å²) in [7, 11) is 3.94. The Kier molecular flexibility index (Phi) is 5.46.